The van der Waals surface area contributed by atoms with Gasteiger partial charge in [-0.05, 0) is 54.7 Å². The van der Waals surface area contributed by atoms with Crippen LogP contribution in [0.1, 0.15) is 50.7 Å². The van der Waals surface area contributed by atoms with Crippen molar-refractivity contribution in [2.45, 2.75) is 50.5 Å². The van der Waals surface area contributed by atoms with Crippen molar-refractivity contribution in [3.05, 3.63) is 35.4 Å². The summed E-state index contributed by atoms with van der Waals surface area (Å²) in [6.45, 7) is 5.56. The van der Waals surface area contributed by atoms with E-state index in [4.69, 9.17) is 0 Å². The molecule has 0 aromatic heterocycles. The monoisotopic (exact) mass is 254 g/mol. The molecule has 0 spiro atoms. The summed E-state index contributed by atoms with van der Waals surface area (Å²) in [4.78, 5) is 0. The van der Waals surface area contributed by atoms with E-state index in [1.54, 1.807) is 0 Å². The van der Waals surface area contributed by atoms with Crippen molar-refractivity contribution < 1.29 is 0 Å². The molecule has 19 heavy (non-hydrogen) atoms. The normalized spacial score (nSPS) is 28.5. The van der Waals surface area contributed by atoms with Crippen LogP contribution in [0.3, 0.4) is 0 Å². The van der Waals surface area contributed by atoms with E-state index in [-0.39, 0.29) is 5.41 Å². The van der Waals surface area contributed by atoms with E-state index in [1.165, 1.54) is 24.0 Å². The maximum absolute atomic E-state index is 9.78. The van der Waals surface area contributed by atoms with Crippen molar-refractivity contribution in [1.29, 1.82) is 5.26 Å². The number of nitriles is 1. The van der Waals surface area contributed by atoms with Crippen LogP contribution >= 0.6 is 0 Å². The molecule has 2 aliphatic carbocycles. The molecule has 2 aliphatic rings. The number of hydrogen-bond acceptors (Lipinski definition) is 2. The zero-order valence-electron chi connectivity index (χ0n) is 11.9. The largest absolute Gasteiger partial charge is 0.295 e. The summed E-state index contributed by atoms with van der Waals surface area (Å²) in [7, 11) is 0. The predicted molar refractivity (Wildman–Crippen MR) is 76.7 cm³/mol. The van der Waals surface area contributed by atoms with Crippen molar-refractivity contribution >= 4 is 0 Å². The maximum atomic E-state index is 9.78. The Morgan fingerprint density at radius 2 is 1.89 bits per heavy atom. The molecule has 1 aromatic carbocycles. The van der Waals surface area contributed by atoms with E-state index in [0.717, 1.165) is 25.3 Å². The van der Waals surface area contributed by atoms with E-state index >= 15 is 0 Å². The molecule has 0 heterocycles. The maximum Gasteiger partial charge on any atom is 0.132 e. The molecule has 0 radical (unpaired) electrons. The van der Waals surface area contributed by atoms with Crippen LogP contribution in [0.15, 0.2) is 24.3 Å². The molecule has 1 saturated carbocycles. The Hall–Kier alpha value is -1.33. The van der Waals surface area contributed by atoms with Gasteiger partial charge in [0.25, 0.3) is 0 Å². The molecule has 0 saturated heterocycles. The van der Waals surface area contributed by atoms with Crippen LogP contribution in [0.2, 0.25) is 0 Å². The second kappa shape index (κ2) is 4.35. The Bertz CT molecular complexity index is 522. The van der Waals surface area contributed by atoms with Crippen molar-refractivity contribution in [1.82, 2.24) is 5.32 Å². The first-order chi connectivity index (χ1) is 9.07. The molecule has 100 valence electrons. The lowest BCUT2D eigenvalue weighted by Crippen LogP contribution is -2.47. The van der Waals surface area contributed by atoms with E-state index in [0.29, 0.717) is 0 Å². The lowest BCUT2D eigenvalue weighted by molar-refractivity contribution is 0.297. The van der Waals surface area contributed by atoms with Crippen molar-refractivity contribution in [3.63, 3.8) is 0 Å². The Morgan fingerprint density at radius 1 is 1.21 bits per heavy atom. The van der Waals surface area contributed by atoms with Crippen LogP contribution in [0, 0.1) is 17.2 Å². The number of rotatable bonds is 3. The minimum absolute atomic E-state index is 0.179. The Morgan fingerprint density at radius 3 is 2.53 bits per heavy atom. The smallest absolute Gasteiger partial charge is 0.132 e. The SMILES string of the molecule is CC1(C)CCC(C#N)(NCC2CC2)c2ccccc21. The minimum atomic E-state index is -0.464. The fourth-order valence-corrected chi connectivity index (χ4v) is 3.19. The highest BCUT2D eigenvalue weighted by Gasteiger charge is 2.43. The number of nitrogens with one attached hydrogen (secondary N) is 1. The molecule has 0 aliphatic heterocycles. The van der Waals surface area contributed by atoms with Gasteiger partial charge in [-0.25, -0.2) is 0 Å². The van der Waals surface area contributed by atoms with Gasteiger partial charge in [0.1, 0.15) is 5.54 Å². The minimum Gasteiger partial charge on any atom is -0.295 e. The number of nitrogens with zero attached hydrogens (tertiary/aromatic N) is 1. The second-order valence-corrected chi connectivity index (χ2v) is 6.77. The van der Waals surface area contributed by atoms with E-state index in [1.807, 2.05) is 0 Å². The fourth-order valence-electron chi connectivity index (χ4n) is 3.19. The summed E-state index contributed by atoms with van der Waals surface area (Å²) in [6.07, 6.45) is 4.62. The molecule has 1 aromatic rings. The van der Waals surface area contributed by atoms with Gasteiger partial charge in [0.15, 0.2) is 0 Å². The topological polar surface area (TPSA) is 35.8 Å². The quantitative estimate of drug-likeness (QED) is 0.896. The summed E-state index contributed by atoms with van der Waals surface area (Å²) < 4.78 is 0. The van der Waals surface area contributed by atoms with Crippen LogP contribution in [0.4, 0.5) is 0 Å². The molecule has 2 heteroatoms. The molecule has 1 unspecified atom stereocenters. The van der Waals surface area contributed by atoms with Gasteiger partial charge in [0.05, 0.1) is 6.07 Å². The summed E-state index contributed by atoms with van der Waals surface area (Å²) in [5.41, 5.74) is 2.26. The highest BCUT2D eigenvalue weighted by atomic mass is 15.0. The van der Waals surface area contributed by atoms with Crippen molar-refractivity contribution in [2.75, 3.05) is 6.54 Å². The van der Waals surface area contributed by atoms with Gasteiger partial charge in [0, 0.05) is 0 Å². The van der Waals surface area contributed by atoms with Gasteiger partial charge in [-0.15, -0.1) is 0 Å². The van der Waals surface area contributed by atoms with Crippen LogP contribution < -0.4 is 5.32 Å². The first-order valence-electron chi connectivity index (χ1n) is 7.34. The van der Waals surface area contributed by atoms with Crippen LogP contribution in [0.25, 0.3) is 0 Å². The molecule has 2 nitrogen and oxygen atoms in total. The highest BCUT2D eigenvalue weighted by molar-refractivity contribution is 5.45. The second-order valence-electron chi connectivity index (χ2n) is 6.77. The van der Waals surface area contributed by atoms with Crippen LogP contribution in [-0.4, -0.2) is 6.54 Å². The Kier molecular flexibility index (Phi) is 2.91. The number of hydrogen-bond donors (Lipinski definition) is 1. The third-order valence-corrected chi connectivity index (χ3v) is 4.82. The fraction of sp³-hybridized carbons (Fsp3) is 0.588. The molecule has 1 fully saturated rings. The Labute approximate surface area is 115 Å². The third kappa shape index (κ3) is 2.17. The molecule has 0 amide bonds. The summed E-state index contributed by atoms with van der Waals surface area (Å²) in [6, 6.07) is 11.1. The van der Waals surface area contributed by atoms with E-state index in [9.17, 15) is 5.26 Å². The van der Waals surface area contributed by atoms with Crippen molar-refractivity contribution in [2.24, 2.45) is 5.92 Å². The van der Waals surface area contributed by atoms with Crippen LogP contribution in [0.5, 0.6) is 0 Å². The molecule has 1 N–H and O–H groups in total. The first-order valence-corrected chi connectivity index (χ1v) is 7.34. The zero-order valence-corrected chi connectivity index (χ0v) is 11.9. The molecule has 3 rings (SSSR count). The summed E-state index contributed by atoms with van der Waals surface area (Å²) >= 11 is 0. The standard InChI is InChI=1S/C17H22N2/c1-16(2)9-10-17(12-18,19-11-13-7-8-13)15-6-4-3-5-14(15)16/h3-6,13,19H,7-11H2,1-2H3. The third-order valence-electron chi connectivity index (χ3n) is 4.82. The van der Waals surface area contributed by atoms with Gasteiger partial charge in [-0.3, -0.25) is 5.32 Å². The predicted octanol–water partition coefficient (Wildman–Crippen LogP) is 3.48. The molecular formula is C17H22N2. The lowest BCUT2D eigenvalue weighted by Gasteiger charge is -2.42. The van der Waals surface area contributed by atoms with Gasteiger partial charge < -0.3 is 0 Å². The average Bonchev–Trinajstić information content (AvgIpc) is 3.23. The van der Waals surface area contributed by atoms with Gasteiger partial charge in [0.2, 0.25) is 0 Å². The lowest BCUT2D eigenvalue weighted by atomic mass is 9.66. The van der Waals surface area contributed by atoms with E-state index in [2.05, 4.69) is 49.5 Å². The van der Waals surface area contributed by atoms with Crippen LogP contribution in [-0.2, 0) is 11.0 Å². The van der Waals surface area contributed by atoms with Gasteiger partial charge >= 0.3 is 0 Å². The summed E-state index contributed by atoms with van der Waals surface area (Å²) in [5, 5.41) is 13.4. The summed E-state index contributed by atoms with van der Waals surface area (Å²) in [5.74, 6) is 0.798. The number of benzene rings is 1. The van der Waals surface area contributed by atoms with Gasteiger partial charge in [-0.2, -0.15) is 5.26 Å². The Balaban J connectivity index is 1.99. The zero-order chi connectivity index (χ0) is 13.5. The highest BCUT2D eigenvalue weighted by Crippen LogP contribution is 2.44. The molecular weight excluding hydrogens is 232 g/mol. The van der Waals surface area contributed by atoms with Gasteiger partial charge in [-0.1, -0.05) is 38.1 Å². The number of fused-ring (bicyclic) bond motifs is 1. The van der Waals surface area contributed by atoms with Crippen molar-refractivity contribution in [3.8, 4) is 6.07 Å². The molecule has 0 bridgehead atoms. The van der Waals surface area contributed by atoms with E-state index < -0.39 is 5.54 Å². The molecule has 1 atom stereocenters. The average molecular weight is 254 g/mol. The first kappa shape index (κ1) is 12.7.